The number of hydrogen-bond donors (Lipinski definition) is 2. The van der Waals surface area contributed by atoms with Gasteiger partial charge in [-0.2, -0.15) is 13.2 Å². The first-order chi connectivity index (χ1) is 8.95. The molecule has 0 aliphatic heterocycles. The van der Waals surface area contributed by atoms with Crippen LogP contribution >= 0.6 is 0 Å². The molecular formula is C9H6F6N2O3. The summed E-state index contributed by atoms with van der Waals surface area (Å²) in [6.07, 6.45) is -10.6. The van der Waals surface area contributed by atoms with Crippen LogP contribution in [0.25, 0.3) is 0 Å². The van der Waals surface area contributed by atoms with Gasteiger partial charge in [0.05, 0.1) is 11.3 Å². The molecule has 11 heteroatoms. The second-order valence-corrected chi connectivity index (χ2v) is 3.40. The number of rotatable bonds is 3. The van der Waals surface area contributed by atoms with Gasteiger partial charge in [-0.3, -0.25) is 0 Å². The number of alkyl halides is 6. The van der Waals surface area contributed by atoms with E-state index in [0.29, 0.717) is 0 Å². The van der Waals surface area contributed by atoms with Crippen LogP contribution in [0.2, 0.25) is 0 Å². The summed E-state index contributed by atoms with van der Waals surface area (Å²) in [5.74, 6) is -3.96. The molecule has 0 fully saturated rings. The predicted octanol–water partition coefficient (Wildman–Crippen LogP) is 2.16. The van der Waals surface area contributed by atoms with Crippen molar-refractivity contribution < 1.29 is 41.0 Å². The normalized spacial score (nSPS) is 12.3. The number of nitrogens with two attached hydrogens (primary N) is 1. The summed E-state index contributed by atoms with van der Waals surface area (Å²) in [5, 5.41) is 8.65. The average Bonchev–Trinajstić information content (AvgIpc) is 2.23. The summed E-state index contributed by atoms with van der Waals surface area (Å²) < 4.78 is 77.5. The summed E-state index contributed by atoms with van der Waals surface area (Å²) in [7, 11) is 0. The molecule has 0 spiro atoms. The van der Waals surface area contributed by atoms with E-state index in [1.54, 1.807) is 0 Å². The predicted molar refractivity (Wildman–Crippen MR) is 50.8 cm³/mol. The molecule has 112 valence electrons. The summed E-state index contributed by atoms with van der Waals surface area (Å²) in [4.78, 5) is 13.8. The van der Waals surface area contributed by atoms with Crippen LogP contribution in [-0.4, -0.2) is 22.4 Å². The van der Waals surface area contributed by atoms with Crippen LogP contribution in [0.5, 0.6) is 5.88 Å². The van der Waals surface area contributed by atoms with E-state index >= 15 is 0 Å². The first-order valence-corrected chi connectivity index (χ1v) is 4.76. The van der Waals surface area contributed by atoms with Crippen molar-refractivity contribution >= 4 is 5.97 Å². The highest BCUT2D eigenvalue weighted by molar-refractivity contribution is 5.92. The third-order valence-electron chi connectivity index (χ3n) is 1.98. The first kappa shape index (κ1) is 16.0. The zero-order valence-corrected chi connectivity index (χ0v) is 9.34. The van der Waals surface area contributed by atoms with Crippen molar-refractivity contribution in [2.45, 2.75) is 19.1 Å². The third-order valence-corrected chi connectivity index (χ3v) is 1.98. The second-order valence-electron chi connectivity index (χ2n) is 3.40. The van der Waals surface area contributed by atoms with Gasteiger partial charge < -0.3 is 15.6 Å². The SMILES string of the molecule is NCc1cc(C(F)(F)F)c(C(=O)O)c(OC(F)(F)F)n1. The number of halogens is 6. The number of pyridine rings is 1. The van der Waals surface area contributed by atoms with Gasteiger partial charge in [0, 0.05) is 6.54 Å². The summed E-state index contributed by atoms with van der Waals surface area (Å²) in [5.41, 5.74) is 0.862. The molecule has 0 saturated heterocycles. The van der Waals surface area contributed by atoms with Gasteiger partial charge in [0.25, 0.3) is 0 Å². The van der Waals surface area contributed by atoms with Crippen molar-refractivity contribution in [1.82, 2.24) is 4.98 Å². The fraction of sp³-hybridized carbons (Fsp3) is 0.333. The largest absolute Gasteiger partial charge is 0.574 e. The maximum absolute atomic E-state index is 12.7. The molecule has 0 saturated carbocycles. The lowest BCUT2D eigenvalue weighted by Crippen LogP contribution is -2.23. The van der Waals surface area contributed by atoms with E-state index in [1.165, 1.54) is 0 Å². The summed E-state index contributed by atoms with van der Waals surface area (Å²) in [6.45, 7) is -0.628. The lowest BCUT2D eigenvalue weighted by Gasteiger charge is -2.16. The molecule has 5 nitrogen and oxygen atoms in total. The third kappa shape index (κ3) is 3.73. The molecule has 0 amide bonds. The van der Waals surface area contributed by atoms with Crippen LogP contribution in [0.1, 0.15) is 21.6 Å². The molecule has 1 aromatic rings. The Labute approximate surface area is 107 Å². The van der Waals surface area contributed by atoms with Crippen molar-refractivity contribution in [2.24, 2.45) is 5.73 Å². The Hall–Kier alpha value is -2.04. The Bertz CT molecular complexity index is 526. The summed E-state index contributed by atoms with van der Waals surface area (Å²) in [6, 6.07) is 0.257. The van der Waals surface area contributed by atoms with Crippen LogP contribution in [-0.2, 0) is 12.7 Å². The molecule has 1 aromatic heterocycles. The topological polar surface area (TPSA) is 85.4 Å². The van der Waals surface area contributed by atoms with Gasteiger partial charge in [0.1, 0.15) is 5.56 Å². The highest BCUT2D eigenvalue weighted by Crippen LogP contribution is 2.37. The maximum Gasteiger partial charge on any atom is 0.574 e. The maximum atomic E-state index is 12.7. The van der Waals surface area contributed by atoms with E-state index in [1.807, 2.05) is 0 Å². The average molecular weight is 304 g/mol. The van der Waals surface area contributed by atoms with Gasteiger partial charge in [0.15, 0.2) is 0 Å². The second kappa shape index (κ2) is 5.15. The molecular weight excluding hydrogens is 298 g/mol. The minimum Gasteiger partial charge on any atom is -0.477 e. The number of aromatic carboxylic acids is 1. The van der Waals surface area contributed by atoms with Crippen LogP contribution in [0.3, 0.4) is 0 Å². The lowest BCUT2D eigenvalue weighted by atomic mass is 10.1. The molecule has 0 bridgehead atoms. The number of aromatic nitrogens is 1. The fourth-order valence-electron chi connectivity index (χ4n) is 1.29. The van der Waals surface area contributed by atoms with Gasteiger partial charge in [-0.05, 0) is 6.07 Å². The van der Waals surface area contributed by atoms with Crippen molar-refractivity contribution in [3.8, 4) is 5.88 Å². The molecule has 3 N–H and O–H groups in total. The Kier molecular flexibility index (Phi) is 4.12. The Morgan fingerprint density at radius 1 is 1.30 bits per heavy atom. The zero-order chi connectivity index (χ0) is 15.7. The molecule has 20 heavy (non-hydrogen) atoms. The van der Waals surface area contributed by atoms with Crippen LogP contribution in [0.4, 0.5) is 26.3 Å². The van der Waals surface area contributed by atoms with E-state index in [9.17, 15) is 31.1 Å². The Morgan fingerprint density at radius 3 is 2.20 bits per heavy atom. The van der Waals surface area contributed by atoms with Crippen molar-refractivity contribution in [2.75, 3.05) is 0 Å². The first-order valence-electron chi connectivity index (χ1n) is 4.76. The van der Waals surface area contributed by atoms with E-state index < -0.39 is 47.8 Å². The van der Waals surface area contributed by atoms with Crippen molar-refractivity contribution in [3.05, 3.63) is 22.9 Å². The molecule has 0 unspecified atom stereocenters. The molecule has 1 rings (SSSR count). The smallest absolute Gasteiger partial charge is 0.477 e. The van der Waals surface area contributed by atoms with E-state index in [2.05, 4.69) is 9.72 Å². The monoisotopic (exact) mass is 304 g/mol. The van der Waals surface area contributed by atoms with Crippen LogP contribution in [0, 0.1) is 0 Å². The summed E-state index contributed by atoms with van der Waals surface area (Å²) >= 11 is 0. The number of carboxylic acid groups (broad SMARTS) is 1. The van der Waals surface area contributed by atoms with E-state index in [4.69, 9.17) is 10.8 Å². The van der Waals surface area contributed by atoms with Crippen LogP contribution < -0.4 is 10.5 Å². The fourth-order valence-corrected chi connectivity index (χ4v) is 1.29. The van der Waals surface area contributed by atoms with Gasteiger partial charge in [0.2, 0.25) is 5.88 Å². The number of hydrogen-bond acceptors (Lipinski definition) is 4. The highest BCUT2D eigenvalue weighted by atomic mass is 19.4. The van der Waals surface area contributed by atoms with Crippen molar-refractivity contribution in [3.63, 3.8) is 0 Å². The zero-order valence-electron chi connectivity index (χ0n) is 9.34. The van der Waals surface area contributed by atoms with Crippen molar-refractivity contribution in [1.29, 1.82) is 0 Å². The quantitative estimate of drug-likeness (QED) is 0.836. The molecule has 1 heterocycles. The van der Waals surface area contributed by atoms with Crippen LogP contribution in [0.15, 0.2) is 6.07 Å². The Morgan fingerprint density at radius 2 is 1.85 bits per heavy atom. The standard InChI is InChI=1S/C9H6F6N2O3/c10-8(11,12)4-1-3(2-16)17-6(5(4)7(18)19)20-9(13,14)15/h1H,2,16H2,(H,18,19). The number of nitrogens with zero attached hydrogens (tertiary/aromatic N) is 1. The lowest BCUT2D eigenvalue weighted by molar-refractivity contribution is -0.276. The molecule has 0 aromatic carbocycles. The van der Waals surface area contributed by atoms with Gasteiger partial charge in [-0.25, -0.2) is 9.78 Å². The molecule has 0 aliphatic carbocycles. The number of ether oxygens (including phenoxy) is 1. The van der Waals surface area contributed by atoms with Gasteiger partial charge >= 0.3 is 18.5 Å². The molecule has 0 radical (unpaired) electrons. The minimum atomic E-state index is -5.40. The molecule has 0 atom stereocenters. The van der Waals surface area contributed by atoms with Gasteiger partial charge in [-0.1, -0.05) is 0 Å². The van der Waals surface area contributed by atoms with E-state index in [0.717, 1.165) is 0 Å². The van der Waals surface area contributed by atoms with E-state index in [-0.39, 0.29) is 6.07 Å². The Balaban J connectivity index is 3.59. The number of carboxylic acids is 1. The highest BCUT2D eigenvalue weighted by Gasteiger charge is 2.41. The number of carbonyl (C=O) groups is 1. The molecule has 0 aliphatic rings. The minimum absolute atomic E-state index is 0.257. The van der Waals surface area contributed by atoms with Gasteiger partial charge in [-0.15, -0.1) is 13.2 Å².